The van der Waals surface area contributed by atoms with Crippen LogP contribution in [0.4, 0.5) is 0 Å². The zero-order chi connectivity index (χ0) is 13.1. The van der Waals surface area contributed by atoms with Gasteiger partial charge in [0, 0.05) is 19.6 Å². The molecule has 3 nitrogen and oxygen atoms in total. The highest BCUT2D eigenvalue weighted by atomic mass is 16.4. The molecule has 1 saturated heterocycles. The lowest BCUT2D eigenvalue weighted by Gasteiger charge is -2.35. The van der Waals surface area contributed by atoms with Crippen LogP contribution in [-0.2, 0) is 6.54 Å². The van der Waals surface area contributed by atoms with E-state index in [0.717, 1.165) is 37.0 Å². The zero-order valence-corrected chi connectivity index (χ0v) is 11.2. The van der Waals surface area contributed by atoms with Gasteiger partial charge in [-0.25, -0.2) is 0 Å². The summed E-state index contributed by atoms with van der Waals surface area (Å²) in [5.74, 6) is 1.44. The van der Waals surface area contributed by atoms with Gasteiger partial charge >= 0.3 is 7.12 Å². The molecule has 0 radical (unpaired) electrons. The van der Waals surface area contributed by atoms with E-state index >= 15 is 0 Å². The van der Waals surface area contributed by atoms with Crippen molar-refractivity contribution in [3.63, 3.8) is 0 Å². The van der Waals surface area contributed by atoms with Crippen molar-refractivity contribution in [3.8, 4) is 0 Å². The fourth-order valence-corrected chi connectivity index (χ4v) is 3.09. The lowest BCUT2D eigenvalue weighted by Crippen LogP contribution is -2.41. The molecular formula is C14H22BNO2. The minimum Gasteiger partial charge on any atom is -0.423 e. The monoisotopic (exact) mass is 247 g/mol. The van der Waals surface area contributed by atoms with E-state index < -0.39 is 7.12 Å². The van der Waals surface area contributed by atoms with E-state index in [1.165, 1.54) is 6.42 Å². The molecule has 18 heavy (non-hydrogen) atoms. The average Bonchev–Trinajstić information content (AvgIpc) is 2.27. The van der Waals surface area contributed by atoms with Crippen LogP contribution in [0.5, 0.6) is 0 Å². The summed E-state index contributed by atoms with van der Waals surface area (Å²) in [5.41, 5.74) is 1.65. The predicted molar refractivity (Wildman–Crippen MR) is 74.5 cm³/mol. The average molecular weight is 247 g/mol. The summed E-state index contributed by atoms with van der Waals surface area (Å²) in [6.45, 7) is 7.58. The summed E-state index contributed by atoms with van der Waals surface area (Å²) in [5, 5.41) is 18.8. The van der Waals surface area contributed by atoms with Crippen LogP contribution in [0.1, 0.15) is 25.8 Å². The molecule has 0 saturated carbocycles. The van der Waals surface area contributed by atoms with E-state index in [0.29, 0.717) is 5.46 Å². The lowest BCUT2D eigenvalue weighted by molar-refractivity contribution is 0.134. The summed E-state index contributed by atoms with van der Waals surface area (Å²) < 4.78 is 0. The van der Waals surface area contributed by atoms with Gasteiger partial charge in [-0.2, -0.15) is 0 Å². The van der Waals surface area contributed by atoms with Gasteiger partial charge in [-0.3, -0.25) is 4.90 Å². The molecule has 1 aliphatic heterocycles. The lowest BCUT2D eigenvalue weighted by atomic mass is 9.76. The number of piperidine rings is 1. The highest BCUT2D eigenvalue weighted by molar-refractivity contribution is 6.59. The molecule has 98 valence electrons. The Kier molecular flexibility index (Phi) is 4.43. The summed E-state index contributed by atoms with van der Waals surface area (Å²) >= 11 is 0. The van der Waals surface area contributed by atoms with Gasteiger partial charge in [-0.05, 0) is 29.3 Å². The van der Waals surface area contributed by atoms with Gasteiger partial charge in [-0.15, -0.1) is 0 Å². The Morgan fingerprint density at radius 3 is 2.39 bits per heavy atom. The molecule has 0 aromatic heterocycles. The van der Waals surface area contributed by atoms with E-state index in [9.17, 15) is 10.0 Å². The second kappa shape index (κ2) is 5.87. The minimum atomic E-state index is -1.37. The van der Waals surface area contributed by atoms with Crippen molar-refractivity contribution in [2.24, 2.45) is 11.8 Å². The van der Waals surface area contributed by atoms with Crippen LogP contribution in [0.15, 0.2) is 24.3 Å². The second-order valence-corrected chi connectivity index (χ2v) is 5.71. The first-order chi connectivity index (χ1) is 8.56. The van der Waals surface area contributed by atoms with Gasteiger partial charge in [0.25, 0.3) is 0 Å². The second-order valence-electron chi connectivity index (χ2n) is 5.71. The number of hydrogen-bond acceptors (Lipinski definition) is 3. The molecule has 0 amide bonds. The third-order valence-electron chi connectivity index (χ3n) is 3.67. The van der Waals surface area contributed by atoms with Crippen molar-refractivity contribution >= 4 is 12.6 Å². The Morgan fingerprint density at radius 2 is 1.78 bits per heavy atom. The predicted octanol–water partition coefficient (Wildman–Crippen LogP) is 0.844. The summed E-state index contributed by atoms with van der Waals surface area (Å²) in [7, 11) is -1.37. The molecule has 2 unspecified atom stereocenters. The standard InChI is InChI=1S/C14H22BNO2/c1-11-7-12(2)9-16(8-11)10-13-5-3-4-6-14(13)15(17)18/h3-6,11-12,17-18H,7-10H2,1-2H3. The maximum atomic E-state index is 9.38. The van der Waals surface area contributed by atoms with E-state index in [1.54, 1.807) is 6.07 Å². The molecule has 1 aromatic carbocycles. The Morgan fingerprint density at radius 1 is 1.17 bits per heavy atom. The SMILES string of the molecule is CC1CC(C)CN(Cc2ccccc2B(O)O)C1. The third kappa shape index (κ3) is 3.34. The van der Waals surface area contributed by atoms with Crippen molar-refractivity contribution in [2.45, 2.75) is 26.8 Å². The fraction of sp³-hybridized carbons (Fsp3) is 0.571. The highest BCUT2D eigenvalue weighted by Gasteiger charge is 2.23. The number of rotatable bonds is 3. The van der Waals surface area contributed by atoms with E-state index in [4.69, 9.17) is 0 Å². The van der Waals surface area contributed by atoms with E-state index in [-0.39, 0.29) is 0 Å². The van der Waals surface area contributed by atoms with E-state index in [2.05, 4.69) is 18.7 Å². The summed E-state index contributed by atoms with van der Waals surface area (Å²) in [4.78, 5) is 2.42. The van der Waals surface area contributed by atoms with Crippen molar-refractivity contribution in [3.05, 3.63) is 29.8 Å². The Balaban J connectivity index is 2.09. The number of nitrogens with zero attached hydrogens (tertiary/aromatic N) is 1. The van der Waals surface area contributed by atoms with Gasteiger partial charge in [0.05, 0.1) is 0 Å². The maximum Gasteiger partial charge on any atom is 0.488 e. The van der Waals surface area contributed by atoms with Crippen LogP contribution in [0, 0.1) is 11.8 Å². The molecule has 2 N–H and O–H groups in total. The van der Waals surface area contributed by atoms with Crippen molar-refractivity contribution < 1.29 is 10.0 Å². The molecule has 1 aliphatic rings. The molecule has 2 atom stereocenters. The first kappa shape index (κ1) is 13.6. The van der Waals surface area contributed by atoms with Gasteiger partial charge in [0.15, 0.2) is 0 Å². The molecule has 1 heterocycles. The van der Waals surface area contributed by atoms with Gasteiger partial charge in [0.2, 0.25) is 0 Å². The van der Waals surface area contributed by atoms with Crippen LogP contribution in [0.3, 0.4) is 0 Å². The maximum absolute atomic E-state index is 9.38. The molecule has 0 aliphatic carbocycles. The van der Waals surface area contributed by atoms with Crippen molar-refractivity contribution in [2.75, 3.05) is 13.1 Å². The van der Waals surface area contributed by atoms with Crippen LogP contribution < -0.4 is 5.46 Å². The topological polar surface area (TPSA) is 43.7 Å². The van der Waals surface area contributed by atoms with E-state index in [1.807, 2.05) is 18.2 Å². The number of benzene rings is 1. The Bertz CT molecular complexity index is 387. The first-order valence-corrected chi connectivity index (χ1v) is 6.72. The fourth-order valence-electron chi connectivity index (χ4n) is 3.09. The quantitative estimate of drug-likeness (QED) is 0.778. The number of likely N-dealkylation sites (tertiary alicyclic amines) is 1. The molecule has 4 heteroatoms. The largest absolute Gasteiger partial charge is 0.488 e. The highest BCUT2D eigenvalue weighted by Crippen LogP contribution is 2.22. The van der Waals surface area contributed by atoms with Gasteiger partial charge in [-0.1, -0.05) is 38.1 Å². The molecule has 2 rings (SSSR count). The van der Waals surface area contributed by atoms with Gasteiger partial charge in [0.1, 0.15) is 0 Å². The number of hydrogen-bond donors (Lipinski definition) is 2. The third-order valence-corrected chi connectivity index (χ3v) is 3.67. The minimum absolute atomic E-state index is 0.628. The van der Waals surface area contributed by atoms with Gasteiger partial charge < -0.3 is 10.0 Å². The van der Waals surface area contributed by atoms with Crippen LogP contribution in [0.2, 0.25) is 0 Å². The van der Waals surface area contributed by atoms with Crippen LogP contribution >= 0.6 is 0 Å². The normalized spacial score (nSPS) is 25.1. The van der Waals surface area contributed by atoms with Crippen LogP contribution in [0.25, 0.3) is 0 Å². The molecule has 0 bridgehead atoms. The Labute approximate surface area is 110 Å². The molecule has 0 spiro atoms. The summed E-state index contributed by atoms with van der Waals surface area (Å²) in [6.07, 6.45) is 1.29. The smallest absolute Gasteiger partial charge is 0.423 e. The summed E-state index contributed by atoms with van der Waals surface area (Å²) in [6, 6.07) is 7.58. The Hall–Kier alpha value is -0.835. The zero-order valence-electron chi connectivity index (χ0n) is 11.2. The first-order valence-electron chi connectivity index (χ1n) is 6.72. The molecule has 1 fully saturated rings. The van der Waals surface area contributed by atoms with Crippen molar-refractivity contribution in [1.82, 2.24) is 4.90 Å². The molecule has 1 aromatic rings. The van der Waals surface area contributed by atoms with Crippen LogP contribution in [-0.4, -0.2) is 35.2 Å². The molecular weight excluding hydrogens is 225 g/mol. The van der Waals surface area contributed by atoms with Crippen molar-refractivity contribution in [1.29, 1.82) is 0 Å².